The van der Waals surface area contributed by atoms with E-state index in [2.05, 4.69) is 15.0 Å². The lowest BCUT2D eigenvalue weighted by atomic mass is 10.2. The van der Waals surface area contributed by atoms with Gasteiger partial charge in [0.25, 0.3) is 5.56 Å². The second kappa shape index (κ2) is 6.70. The zero-order chi connectivity index (χ0) is 18.1. The number of Topliss-reactive ketones (excluding diaryl/α,β-unsaturated/α-hetero) is 1. The molecule has 0 atom stereocenters. The van der Waals surface area contributed by atoms with Gasteiger partial charge in [0.05, 0.1) is 10.9 Å². The van der Waals surface area contributed by atoms with Crippen LogP contribution in [0.25, 0.3) is 22.7 Å². The van der Waals surface area contributed by atoms with Gasteiger partial charge in [0.2, 0.25) is 5.78 Å². The quantitative estimate of drug-likeness (QED) is 0.431. The second-order valence-electron chi connectivity index (χ2n) is 5.40. The molecule has 4 rings (SSSR count). The van der Waals surface area contributed by atoms with Crippen molar-refractivity contribution in [3.63, 3.8) is 0 Å². The first kappa shape index (κ1) is 16.4. The molecule has 0 aliphatic carbocycles. The van der Waals surface area contributed by atoms with Gasteiger partial charge in [-0.25, -0.2) is 9.97 Å². The zero-order valence-electron chi connectivity index (χ0n) is 13.2. The second-order valence-corrected chi connectivity index (χ2v) is 6.73. The maximum atomic E-state index is 12.9. The summed E-state index contributed by atoms with van der Waals surface area (Å²) in [5.74, 6) is -0.355. The van der Waals surface area contributed by atoms with Gasteiger partial charge >= 0.3 is 0 Å². The highest BCUT2D eigenvalue weighted by Crippen LogP contribution is 2.19. The lowest BCUT2D eigenvalue weighted by Crippen LogP contribution is -2.23. The summed E-state index contributed by atoms with van der Waals surface area (Å²) in [5.41, 5.74) is 0.971. The smallest absolute Gasteiger partial charge is 0.265 e. The molecule has 128 valence electrons. The Balaban J connectivity index is 1.93. The van der Waals surface area contributed by atoms with E-state index >= 15 is 0 Å². The van der Waals surface area contributed by atoms with Crippen LogP contribution in [0.2, 0.25) is 5.02 Å². The number of carbonyl (C=O) groups is 1. The van der Waals surface area contributed by atoms with Crippen LogP contribution in [-0.4, -0.2) is 25.3 Å². The minimum atomic E-state index is -0.355. The van der Waals surface area contributed by atoms with Gasteiger partial charge in [-0.2, -0.15) is 0 Å². The zero-order valence-corrected chi connectivity index (χ0v) is 14.8. The van der Waals surface area contributed by atoms with Crippen LogP contribution in [0.3, 0.4) is 0 Å². The molecule has 0 bridgehead atoms. The minimum absolute atomic E-state index is 0.164. The van der Waals surface area contributed by atoms with Crippen molar-refractivity contribution in [3.05, 3.63) is 80.5 Å². The van der Waals surface area contributed by atoms with Crippen LogP contribution < -0.4 is 5.56 Å². The van der Waals surface area contributed by atoms with Crippen molar-refractivity contribution in [1.82, 2.24) is 19.5 Å². The molecule has 0 saturated carbocycles. The van der Waals surface area contributed by atoms with E-state index in [0.29, 0.717) is 26.6 Å². The monoisotopic (exact) mass is 382 g/mol. The van der Waals surface area contributed by atoms with Crippen molar-refractivity contribution in [3.8, 4) is 0 Å². The van der Waals surface area contributed by atoms with Crippen LogP contribution in [0, 0.1) is 0 Å². The molecule has 0 radical (unpaired) electrons. The summed E-state index contributed by atoms with van der Waals surface area (Å²) < 4.78 is 1.24. The fourth-order valence-corrected chi connectivity index (χ4v) is 3.29. The van der Waals surface area contributed by atoms with Gasteiger partial charge in [-0.3, -0.25) is 14.2 Å². The van der Waals surface area contributed by atoms with Crippen LogP contribution in [0.15, 0.2) is 59.2 Å². The SMILES string of the molecule is O=C(/C(=C/c1ccc[nH]1)n1cnc2cc(Cl)ccc2c1=O)c1nccs1. The molecular weight excluding hydrogens is 372 g/mol. The molecule has 1 N–H and O–H groups in total. The number of hydrogen-bond acceptors (Lipinski definition) is 5. The van der Waals surface area contributed by atoms with E-state index in [-0.39, 0.29) is 17.0 Å². The highest BCUT2D eigenvalue weighted by molar-refractivity contribution is 7.12. The third-order valence-electron chi connectivity index (χ3n) is 3.75. The molecule has 8 heteroatoms. The van der Waals surface area contributed by atoms with Crippen LogP contribution >= 0.6 is 22.9 Å². The number of hydrogen-bond donors (Lipinski definition) is 1. The fourth-order valence-electron chi connectivity index (χ4n) is 2.54. The van der Waals surface area contributed by atoms with Crippen LogP contribution in [-0.2, 0) is 0 Å². The molecule has 0 fully saturated rings. The summed E-state index contributed by atoms with van der Waals surface area (Å²) in [5, 5.41) is 2.87. The van der Waals surface area contributed by atoms with E-state index in [1.807, 2.05) is 0 Å². The molecule has 0 aliphatic heterocycles. The maximum absolute atomic E-state index is 12.9. The summed E-state index contributed by atoms with van der Waals surface area (Å²) in [6.45, 7) is 0. The predicted octanol–water partition coefficient (Wildman–Crippen LogP) is 3.72. The molecule has 0 spiro atoms. The molecular formula is C18H11ClN4O2S. The van der Waals surface area contributed by atoms with Gasteiger partial charge in [0.15, 0.2) is 5.01 Å². The Labute approximate surface area is 156 Å². The van der Waals surface area contributed by atoms with Crippen LogP contribution in [0.1, 0.15) is 15.5 Å². The number of aromatic nitrogens is 4. The predicted molar refractivity (Wildman–Crippen MR) is 102 cm³/mol. The highest BCUT2D eigenvalue weighted by atomic mass is 35.5. The molecule has 0 saturated heterocycles. The number of aromatic amines is 1. The number of fused-ring (bicyclic) bond motifs is 1. The van der Waals surface area contributed by atoms with Gasteiger partial charge in [-0.15, -0.1) is 11.3 Å². The molecule has 6 nitrogen and oxygen atoms in total. The molecule has 3 aromatic heterocycles. The number of halogens is 1. The number of thiazole rings is 1. The number of rotatable bonds is 4. The molecule has 4 aromatic rings. The van der Waals surface area contributed by atoms with Crippen molar-refractivity contribution in [2.24, 2.45) is 0 Å². The van der Waals surface area contributed by atoms with Gasteiger partial charge < -0.3 is 4.98 Å². The number of H-pyrrole nitrogens is 1. The average molecular weight is 383 g/mol. The summed E-state index contributed by atoms with van der Waals surface area (Å²) in [4.78, 5) is 37.2. The first-order valence-corrected chi connectivity index (χ1v) is 8.86. The van der Waals surface area contributed by atoms with Crippen molar-refractivity contribution >= 4 is 51.4 Å². The normalized spacial score (nSPS) is 11.8. The molecule has 0 unspecified atom stereocenters. The summed E-state index contributed by atoms with van der Waals surface area (Å²) in [7, 11) is 0. The van der Waals surface area contributed by atoms with Gasteiger partial charge in [0, 0.05) is 28.5 Å². The minimum Gasteiger partial charge on any atom is -0.362 e. The van der Waals surface area contributed by atoms with Gasteiger partial charge in [0.1, 0.15) is 12.0 Å². The van der Waals surface area contributed by atoms with Crippen LogP contribution in [0.4, 0.5) is 0 Å². The van der Waals surface area contributed by atoms with E-state index in [0.717, 1.165) is 0 Å². The number of nitrogens with zero attached hydrogens (tertiary/aromatic N) is 3. The van der Waals surface area contributed by atoms with Crippen molar-refractivity contribution in [2.45, 2.75) is 0 Å². The van der Waals surface area contributed by atoms with E-state index in [1.54, 1.807) is 54.2 Å². The molecule has 3 heterocycles. The largest absolute Gasteiger partial charge is 0.362 e. The Morgan fingerprint density at radius 2 is 2.15 bits per heavy atom. The Kier molecular flexibility index (Phi) is 4.24. The Morgan fingerprint density at radius 1 is 1.27 bits per heavy atom. The Hall–Kier alpha value is -3.03. The first-order valence-electron chi connectivity index (χ1n) is 7.60. The summed E-state index contributed by atoms with van der Waals surface area (Å²) >= 11 is 7.17. The third-order valence-corrected chi connectivity index (χ3v) is 4.76. The van der Waals surface area contributed by atoms with Gasteiger partial charge in [-0.1, -0.05) is 11.6 Å². The number of carbonyl (C=O) groups excluding carboxylic acids is 1. The topological polar surface area (TPSA) is 80.6 Å². The first-order chi connectivity index (χ1) is 12.6. The Morgan fingerprint density at radius 3 is 2.88 bits per heavy atom. The maximum Gasteiger partial charge on any atom is 0.265 e. The van der Waals surface area contributed by atoms with Gasteiger partial charge in [-0.05, 0) is 36.4 Å². The number of benzene rings is 1. The summed E-state index contributed by atoms with van der Waals surface area (Å²) in [6.07, 6.45) is 6.23. The summed E-state index contributed by atoms with van der Waals surface area (Å²) in [6, 6.07) is 8.44. The van der Waals surface area contributed by atoms with Crippen molar-refractivity contribution in [1.29, 1.82) is 0 Å². The fraction of sp³-hybridized carbons (Fsp3) is 0. The lowest BCUT2D eigenvalue weighted by Gasteiger charge is -2.09. The standard InChI is InChI=1S/C18H11ClN4O2S/c19-11-3-4-13-14(8-11)22-10-23(18(13)25)15(9-12-2-1-5-20-12)16(24)17-21-6-7-26-17/h1-10,20H/b15-9-. The molecule has 0 aliphatic rings. The number of nitrogens with one attached hydrogen (secondary N) is 1. The van der Waals surface area contributed by atoms with Crippen molar-refractivity contribution < 1.29 is 4.79 Å². The van der Waals surface area contributed by atoms with Crippen LogP contribution in [0.5, 0.6) is 0 Å². The number of ketones is 1. The average Bonchev–Trinajstić information content (AvgIpc) is 3.34. The van der Waals surface area contributed by atoms with E-state index in [1.165, 1.54) is 22.2 Å². The highest BCUT2D eigenvalue weighted by Gasteiger charge is 2.19. The molecule has 26 heavy (non-hydrogen) atoms. The Bertz CT molecular complexity index is 1180. The number of allylic oxidation sites excluding steroid dienone is 1. The van der Waals surface area contributed by atoms with E-state index < -0.39 is 0 Å². The molecule has 1 aromatic carbocycles. The van der Waals surface area contributed by atoms with E-state index in [4.69, 9.17) is 11.6 Å². The molecule has 0 amide bonds. The third kappa shape index (κ3) is 2.98. The lowest BCUT2D eigenvalue weighted by molar-refractivity contribution is 0.105. The van der Waals surface area contributed by atoms with Crippen molar-refractivity contribution in [2.75, 3.05) is 0 Å². The van der Waals surface area contributed by atoms with E-state index in [9.17, 15) is 9.59 Å².